The summed E-state index contributed by atoms with van der Waals surface area (Å²) < 4.78 is 0. The summed E-state index contributed by atoms with van der Waals surface area (Å²) in [5.74, 6) is 2.02. The van der Waals surface area contributed by atoms with Gasteiger partial charge in [0.1, 0.15) is 0 Å². The number of likely N-dealkylation sites (tertiary alicyclic amines) is 1. The van der Waals surface area contributed by atoms with Crippen molar-refractivity contribution >= 4 is 0 Å². The van der Waals surface area contributed by atoms with Crippen LogP contribution >= 0.6 is 0 Å². The molecule has 3 fully saturated rings. The Labute approximate surface area is 99.8 Å². The molecule has 2 heteroatoms. The number of rotatable bonds is 3. The summed E-state index contributed by atoms with van der Waals surface area (Å²) in [4.78, 5) is 2.76. The molecule has 1 aliphatic carbocycles. The SMILES string of the molecule is CC(CC1CCC1)N1CC2CCCNC2C1. The summed E-state index contributed by atoms with van der Waals surface area (Å²) in [6, 6.07) is 1.65. The van der Waals surface area contributed by atoms with Gasteiger partial charge in [-0.3, -0.25) is 4.90 Å². The topological polar surface area (TPSA) is 15.3 Å². The largest absolute Gasteiger partial charge is 0.312 e. The van der Waals surface area contributed by atoms with Gasteiger partial charge in [0.15, 0.2) is 0 Å². The molecule has 0 aromatic rings. The van der Waals surface area contributed by atoms with Crippen LogP contribution in [0.2, 0.25) is 0 Å². The van der Waals surface area contributed by atoms with E-state index >= 15 is 0 Å². The molecule has 2 saturated heterocycles. The first kappa shape index (κ1) is 11.0. The van der Waals surface area contributed by atoms with E-state index in [0.717, 1.165) is 23.9 Å². The third-order valence-electron chi connectivity index (χ3n) is 5.15. The van der Waals surface area contributed by atoms with Crippen LogP contribution in [-0.2, 0) is 0 Å². The average Bonchev–Trinajstić information content (AvgIpc) is 2.66. The second-order valence-corrected chi connectivity index (χ2v) is 6.30. The number of nitrogens with zero attached hydrogens (tertiary/aromatic N) is 1. The first-order valence-corrected chi connectivity index (χ1v) is 7.30. The van der Waals surface area contributed by atoms with E-state index in [-0.39, 0.29) is 0 Å². The van der Waals surface area contributed by atoms with Gasteiger partial charge in [-0.05, 0) is 44.6 Å². The Morgan fingerprint density at radius 3 is 2.75 bits per heavy atom. The summed E-state index contributed by atoms with van der Waals surface area (Å²) in [6.07, 6.45) is 8.81. The smallest absolute Gasteiger partial charge is 0.0235 e. The maximum Gasteiger partial charge on any atom is 0.0235 e. The molecule has 3 aliphatic rings. The lowest BCUT2D eigenvalue weighted by Gasteiger charge is -2.32. The Balaban J connectivity index is 1.51. The minimum absolute atomic E-state index is 0.817. The van der Waals surface area contributed by atoms with Crippen LogP contribution in [0.3, 0.4) is 0 Å². The number of nitrogens with one attached hydrogen (secondary N) is 1. The number of hydrogen-bond donors (Lipinski definition) is 1. The van der Waals surface area contributed by atoms with E-state index in [1.807, 2.05) is 0 Å². The van der Waals surface area contributed by atoms with E-state index in [4.69, 9.17) is 0 Å². The predicted molar refractivity (Wildman–Crippen MR) is 67.5 cm³/mol. The highest BCUT2D eigenvalue weighted by atomic mass is 15.2. The van der Waals surface area contributed by atoms with Gasteiger partial charge in [0, 0.05) is 25.2 Å². The summed E-state index contributed by atoms with van der Waals surface area (Å²) >= 11 is 0. The number of fused-ring (bicyclic) bond motifs is 1. The van der Waals surface area contributed by atoms with Gasteiger partial charge in [0.25, 0.3) is 0 Å². The zero-order valence-electron chi connectivity index (χ0n) is 10.6. The molecule has 0 aromatic carbocycles. The van der Waals surface area contributed by atoms with Gasteiger partial charge in [0.2, 0.25) is 0 Å². The minimum Gasteiger partial charge on any atom is -0.312 e. The molecule has 3 rings (SSSR count). The molecule has 16 heavy (non-hydrogen) atoms. The van der Waals surface area contributed by atoms with Crippen LogP contribution in [0.15, 0.2) is 0 Å². The molecule has 0 spiro atoms. The monoisotopic (exact) mass is 222 g/mol. The molecule has 92 valence electrons. The molecule has 1 N–H and O–H groups in total. The molecule has 2 heterocycles. The van der Waals surface area contributed by atoms with E-state index < -0.39 is 0 Å². The molecule has 0 radical (unpaired) electrons. The van der Waals surface area contributed by atoms with E-state index in [2.05, 4.69) is 17.1 Å². The third-order valence-corrected chi connectivity index (χ3v) is 5.15. The van der Waals surface area contributed by atoms with Crippen molar-refractivity contribution in [2.24, 2.45) is 11.8 Å². The van der Waals surface area contributed by atoms with Crippen LogP contribution in [0.4, 0.5) is 0 Å². The van der Waals surface area contributed by atoms with Crippen LogP contribution < -0.4 is 5.32 Å². The Kier molecular flexibility index (Phi) is 3.21. The normalized spacial score (nSPS) is 38.1. The molecule has 3 atom stereocenters. The lowest BCUT2D eigenvalue weighted by molar-refractivity contribution is 0.175. The van der Waals surface area contributed by atoms with Crippen molar-refractivity contribution in [2.75, 3.05) is 19.6 Å². The first-order chi connectivity index (χ1) is 7.83. The second kappa shape index (κ2) is 4.66. The van der Waals surface area contributed by atoms with Crippen molar-refractivity contribution < 1.29 is 0 Å². The van der Waals surface area contributed by atoms with Gasteiger partial charge in [0.05, 0.1) is 0 Å². The fourth-order valence-corrected chi connectivity index (χ4v) is 3.80. The summed E-state index contributed by atoms with van der Waals surface area (Å²) in [7, 11) is 0. The Bertz CT molecular complexity index is 223. The highest BCUT2D eigenvalue weighted by Gasteiger charge is 2.36. The highest BCUT2D eigenvalue weighted by molar-refractivity contribution is 4.94. The first-order valence-electron chi connectivity index (χ1n) is 7.30. The molecule has 2 nitrogen and oxygen atoms in total. The Hall–Kier alpha value is -0.0800. The molecule has 2 aliphatic heterocycles. The van der Waals surface area contributed by atoms with E-state index in [9.17, 15) is 0 Å². The van der Waals surface area contributed by atoms with Crippen molar-refractivity contribution in [3.8, 4) is 0 Å². The predicted octanol–water partition coefficient (Wildman–Crippen LogP) is 2.25. The number of hydrogen-bond acceptors (Lipinski definition) is 2. The van der Waals surface area contributed by atoms with E-state index in [1.54, 1.807) is 0 Å². The standard InChI is InChI=1S/C14H26N2/c1-11(8-12-4-2-5-12)16-9-13-6-3-7-15-14(13)10-16/h11-15H,2-10H2,1H3. The third kappa shape index (κ3) is 2.14. The average molecular weight is 222 g/mol. The van der Waals surface area contributed by atoms with Crippen molar-refractivity contribution in [1.82, 2.24) is 10.2 Å². The molecule has 0 aromatic heterocycles. The fourth-order valence-electron chi connectivity index (χ4n) is 3.80. The molecular formula is C14H26N2. The van der Waals surface area contributed by atoms with Gasteiger partial charge in [-0.1, -0.05) is 19.3 Å². The molecule has 0 amide bonds. The maximum absolute atomic E-state index is 3.71. The van der Waals surface area contributed by atoms with Gasteiger partial charge in [-0.15, -0.1) is 0 Å². The lowest BCUT2D eigenvalue weighted by Crippen LogP contribution is -2.41. The quantitative estimate of drug-likeness (QED) is 0.788. The number of piperidine rings is 1. The van der Waals surface area contributed by atoms with Crippen LogP contribution in [-0.4, -0.2) is 36.6 Å². The second-order valence-electron chi connectivity index (χ2n) is 6.30. The molecular weight excluding hydrogens is 196 g/mol. The zero-order valence-corrected chi connectivity index (χ0v) is 10.6. The van der Waals surface area contributed by atoms with Gasteiger partial charge in [-0.25, -0.2) is 0 Å². The van der Waals surface area contributed by atoms with Crippen molar-refractivity contribution in [3.05, 3.63) is 0 Å². The van der Waals surface area contributed by atoms with Crippen molar-refractivity contribution in [1.29, 1.82) is 0 Å². The van der Waals surface area contributed by atoms with Crippen LogP contribution in [0.5, 0.6) is 0 Å². The molecule has 0 bridgehead atoms. The fraction of sp³-hybridized carbons (Fsp3) is 1.00. The lowest BCUT2D eigenvalue weighted by atomic mass is 9.81. The maximum atomic E-state index is 3.71. The summed E-state index contributed by atoms with van der Waals surface area (Å²) in [6.45, 7) is 6.39. The Morgan fingerprint density at radius 2 is 2.06 bits per heavy atom. The van der Waals surface area contributed by atoms with Gasteiger partial charge in [-0.2, -0.15) is 0 Å². The van der Waals surface area contributed by atoms with Crippen molar-refractivity contribution in [3.63, 3.8) is 0 Å². The van der Waals surface area contributed by atoms with E-state index in [0.29, 0.717) is 0 Å². The minimum atomic E-state index is 0.817. The van der Waals surface area contributed by atoms with Crippen LogP contribution in [0, 0.1) is 11.8 Å². The van der Waals surface area contributed by atoms with E-state index in [1.165, 1.54) is 58.2 Å². The van der Waals surface area contributed by atoms with Gasteiger partial charge >= 0.3 is 0 Å². The zero-order chi connectivity index (χ0) is 11.0. The molecule has 1 saturated carbocycles. The highest BCUT2D eigenvalue weighted by Crippen LogP contribution is 2.33. The summed E-state index contributed by atoms with van der Waals surface area (Å²) in [5, 5.41) is 3.71. The van der Waals surface area contributed by atoms with Crippen LogP contribution in [0.25, 0.3) is 0 Å². The Morgan fingerprint density at radius 1 is 1.19 bits per heavy atom. The molecule has 3 unspecified atom stereocenters. The van der Waals surface area contributed by atoms with Gasteiger partial charge < -0.3 is 5.32 Å². The van der Waals surface area contributed by atoms with Crippen molar-refractivity contribution in [2.45, 2.75) is 57.5 Å². The van der Waals surface area contributed by atoms with Crippen LogP contribution in [0.1, 0.15) is 45.4 Å². The summed E-state index contributed by atoms with van der Waals surface area (Å²) in [5.41, 5.74) is 0.